The lowest BCUT2D eigenvalue weighted by Gasteiger charge is -2.06. The highest BCUT2D eigenvalue weighted by Gasteiger charge is 2.08. The lowest BCUT2D eigenvalue weighted by atomic mass is 10.3. The van der Waals surface area contributed by atoms with E-state index in [4.69, 9.17) is 5.73 Å². The maximum Gasteiger partial charge on any atom is 0.201 e. The number of halogens is 1. The van der Waals surface area contributed by atoms with Gasteiger partial charge >= 0.3 is 0 Å². The van der Waals surface area contributed by atoms with E-state index in [9.17, 15) is 0 Å². The van der Waals surface area contributed by atoms with Crippen LogP contribution in [0, 0.1) is 6.92 Å². The van der Waals surface area contributed by atoms with E-state index in [0.29, 0.717) is 5.95 Å². The van der Waals surface area contributed by atoms with Gasteiger partial charge in [-0.25, -0.2) is 4.98 Å². The quantitative estimate of drug-likeness (QED) is 0.807. The molecule has 98 valence electrons. The van der Waals surface area contributed by atoms with E-state index in [2.05, 4.69) is 26.0 Å². The highest BCUT2D eigenvalue weighted by Crippen LogP contribution is 2.22. The number of imidazole rings is 1. The number of aryl methyl sites for hydroxylation is 3. The molecule has 0 spiro atoms. The maximum atomic E-state index is 5.98. The second-order valence-electron chi connectivity index (χ2n) is 4.54. The van der Waals surface area contributed by atoms with Crippen LogP contribution in [0.1, 0.15) is 5.56 Å². The molecule has 0 bridgehead atoms. The van der Waals surface area contributed by atoms with E-state index < -0.39 is 0 Å². The molecular weight excluding hydrogens is 306 g/mol. The molecule has 0 aliphatic rings. The number of nitrogens with two attached hydrogens (primary N) is 1. The van der Waals surface area contributed by atoms with E-state index in [1.807, 2.05) is 46.8 Å². The standard InChI is InChI=1S/C13H14BrN5/c1-9-7-16-18(8-9)4-5-19-12-6-10(14)2-3-11(12)17-13(19)15/h2-3,6-8H,4-5H2,1H3,(H2,15,17). The van der Waals surface area contributed by atoms with E-state index in [0.717, 1.165) is 34.2 Å². The Balaban J connectivity index is 1.91. The zero-order valence-corrected chi connectivity index (χ0v) is 12.1. The van der Waals surface area contributed by atoms with Gasteiger partial charge in [0, 0.05) is 17.2 Å². The Bertz CT molecular complexity index is 728. The molecular formula is C13H14BrN5. The van der Waals surface area contributed by atoms with Crippen molar-refractivity contribution in [2.75, 3.05) is 5.73 Å². The number of aromatic nitrogens is 4. The Morgan fingerprint density at radius 2 is 2.16 bits per heavy atom. The Kier molecular flexibility index (Phi) is 3.02. The SMILES string of the molecule is Cc1cnn(CCn2c(N)nc3ccc(Br)cc32)c1. The Hall–Kier alpha value is -1.82. The summed E-state index contributed by atoms with van der Waals surface area (Å²) < 4.78 is 4.95. The minimum Gasteiger partial charge on any atom is -0.369 e. The molecule has 6 heteroatoms. The topological polar surface area (TPSA) is 61.7 Å². The summed E-state index contributed by atoms with van der Waals surface area (Å²) in [5, 5.41) is 4.28. The van der Waals surface area contributed by atoms with Crippen LogP contribution in [-0.2, 0) is 13.1 Å². The second-order valence-corrected chi connectivity index (χ2v) is 5.45. The smallest absolute Gasteiger partial charge is 0.201 e. The zero-order chi connectivity index (χ0) is 13.4. The van der Waals surface area contributed by atoms with E-state index in [-0.39, 0.29) is 0 Å². The average Bonchev–Trinajstić information content (AvgIpc) is 2.90. The number of hydrogen-bond donors (Lipinski definition) is 1. The summed E-state index contributed by atoms with van der Waals surface area (Å²) in [7, 11) is 0. The first-order valence-corrected chi connectivity index (χ1v) is 6.83. The molecule has 0 fully saturated rings. The summed E-state index contributed by atoms with van der Waals surface area (Å²) in [5.74, 6) is 0.539. The summed E-state index contributed by atoms with van der Waals surface area (Å²) in [6.45, 7) is 3.55. The van der Waals surface area contributed by atoms with Crippen molar-refractivity contribution in [1.29, 1.82) is 0 Å². The summed E-state index contributed by atoms with van der Waals surface area (Å²) in [4.78, 5) is 4.36. The average molecular weight is 320 g/mol. The maximum absolute atomic E-state index is 5.98. The predicted octanol–water partition coefficient (Wildman–Crippen LogP) is 2.59. The van der Waals surface area contributed by atoms with Gasteiger partial charge in [-0.05, 0) is 30.7 Å². The molecule has 1 aromatic carbocycles. The minimum atomic E-state index is 0.539. The van der Waals surface area contributed by atoms with Crippen LogP contribution in [0.2, 0.25) is 0 Å². The number of benzene rings is 1. The molecule has 0 saturated carbocycles. The van der Waals surface area contributed by atoms with Crippen LogP contribution in [-0.4, -0.2) is 19.3 Å². The number of hydrogen-bond acceptors (Lipinski definition) is 3. The van der Waals surface area contributed by atoms with Crippen LogP contribution in [0.15, 0.2) is 35.1 Å². The number of anilines is 1. The fraction of sp³-hybridized carbons (Fsp3) is 0.231. The van der Waals surface area contributed by atoms with Crippen LogP contribution in [0.3, 0.4) is 0 Å². The van der Waals surface area contributed by atoms with Gasteiger partial charge in [-0.1, -0.05) is 15.9 Å². The summed E-state index contributed by atoms with van der Waals surface area (Å²) in [5.41, 5.74) is 9.09. The molecule has 0 saturated heterocycles. The Labute approximate surface area is 119 Å². The molecule has 2 heterocycles. The lowest BCUT2D eigenvalue weighted by molar-refractivity contribution is 0.544. The first kappa shape index (κ1) is 12.2. The Morgan fingerprint density at radius 3 is 2.89 bits per heavy atom. The molecule has 2 N–H and O–H groups in total. The normalized spacial score (nSPS) is 11.3. The molecule has 2 aromatic heterocycles. The van der Waals surface area contributed by atoms with Crippen molar-refractivity contribution in [2.24, 2.45) is 0 Å². The van der Waals surface area contributed by atoms with Crippen LogP contribution in [0.5, 0.6) is 0 Å². The van der Waals surface area contributed by atoms with Crippen LogP contribution >= 0.6 is 15.9 Å². The van der Waals surface area contributed by atoms with Crippen molar-refractivity contribution in [3.05, 3.63) is 40.6 Å². The fourth-order valence-corrected chi connectivity index (χ4v) is 2.49. The van der Waals surface area contributed by atoms with Gasteiger partial charge in [0.05, 0.1) is 23.8 Å². The molecule has 0 atom stereocenters. The van der Waals surface area contributed by atoms with Crippen molar-refractivity contribution in [2.45, 2.75) is 20.0 Å². The highest BCUT2D eigenvalue weighted by atomic mass is 79.9. The van der Waals surface area contributed by atoms with Gasteiger partial charge in [0.1, 0.15) is 0 Å². The van der Waals surface area contributed by atoms with E-state index in [1.165, 1.54) is 0 Å². The summed E-state index contributed by atoms with van der Waals surface area (Å²) >= 11 is 3.48. The predicted molar refractivity (Wildman–Crippen MR) is 78.8 cm³/mol. The van der Waals surface area contributed by atoms with Crippen LogP contribution < -0.4 is 5.73 Å². The van der Waals surface area contributed by atoms with Gasteiger partial charge in [0.2, 0.25) is 5.95 Å². The Morgan fingerprint density at radius 1 is 1.32 bits per heavy atom. The van der Waals surface area contributed by atoms with Crippen LogP contribution in [0.4, 0.5) is 5.95 Å². The largest absolute Gasteiger partial charge is 0.369 e. The van der Waals surface area contributed by atoms with Crippen molar-refractivity contribution in [3.63, 3.8) is 0 Å². The molecule has 3 aromatic rings. The van der Waals surface area contributed by atoms with Gasteiger partial charge in [0.25, 0.3) is 0 Å². The molecule has 0 unspecified atom stereocenters. The molecule has 0 aliphatic heterocycles. The van der Waals surface area contributed by atoms with Crippen LogP contribution in [0.25, 0.3) is 11.0 Å². The monoisotopic (exact) mass is 319 g/mol. The zero-order valence-electron chi connectivity index (χ0n) is 10.5. The van der Waals surface area contributed by atoms with Crippen molar-refractivity contribution in [1.82, 2.24) is 19.3 Å². The van der Waals surface area contributed by atoms with E-state index in [1.54, 1.807) is 0 Å². The van der Waals surface area contributed by atoms with Gasteiger partial charge in [-0.3, -0.25) is 4.68 Å². The lowest BCUT2D eigenvalue weighted by Crippen LogP contribution is -2.10. The third kappa shape index (κ3) is 2.35. The van der Waals surface area contributed by atoms with Gasteiger partial charge < -0.3 is 10.3 Å². The van der Waals surface area contributed by atoms with E-state index >= 15 is 0 Å². The van der Waals surface area contributed by atoms with Crippen molar-refractivity contribution < 1.29 is 0 Å². The first-order chi connectivity index (χ1) is 9.13. The molecule has 19 heavy (non-hydrogen) atoms. The minimum absolute atomic E-state index is 0.539. The first-order valence-electron chi connectivity index (χ1n) is 6.04. The van der Waals surface area contributed by atoms with Gasteiger partial charge in [-0.2, -0.15) is 5.10 Å². The number of nitrogens with zero attached hydrogens (tertiary/aromatic N) is 4. The fourth-order valence-electron chi connectivity index (χ4n) is 2.14. The van der Waals surface area contributed by atoms with Gasteiger partial charge in [-0.15, -0.1) is 0 Å². The number of rotatable bonds is 3. The van der Waals surface area contributed by atoms with Crippen molar-refractivity contribution in [3.8, 4) is 0 Å². The number of fused-ring (bicyclic) bond motifs is 1. The molecule has 5 nitrogen and oxygen atoms in total. The molecule has 3 rings (SSSR count). The summed E-state index contributed by atoms with van der Waals surface area (Å²) in [6, 6.07) is 5.97. The van der Waals surface area contributed by atoms with Crippen molar-refractivity contribution >= 4 is 32.9 Å². The third-order valence-electron chi connectivity index (χ3n) is 3.05. The van der Waals surface area contributed by atoms with Gasteiger partial charge in [0.15, 0.2) is 0 Å². The second kappa shape index (κ2) is 4.70. The molecule has 0 amide bonds. The third-order valence-corrected chi connectivity index (χ3v) is 3.55. The highest BCUT2D eigenvalue weighted by molar-refractivity contribution is 9.10. The summed E-state index contributed by atoms with van der Waals surface area (Å²) in [6.07, 6.45) is 3.87. The molecule has 0 aliphatic carbocycles. The number of nitrogen functional groups attached to an aromatic ring is 1. The molecule has 0 radical (unpaired) electrons.